The SMILES string of the molecule is CCCCCCCCCNC(=O)C(=O)Nc1ccccc1C. The summed E-state index contributed by atoms with van der Waals surface area (Å²) in [6.45, 7) is 4.66. The molecule has 0 aliphatic carbocycles. The van der Waals surface area contributed by atoms with Gasteiger partial charge in [0, 0.05) is 12.2 Å². The Balaban J connectivity index is 2.14. The summed E-state index contributed by atoms with van der Waals surface area (Å²) in [4.78, 5) is 23.5. The van der Waals surface area contributed by atoms with E-state index in [2.05, 4.69) is 17.6 Å². The number of para-hydroxylation sites is 1. The van der Waals surface area contributed by atoms with E-state index in [4.69, 9.17) is 0 Å². The molecule has 1 aromatic carbocycles. The molecule has 0 saturated heterocycles. The minimum Gasteiger partial charge on any atom is -0.348 e. The molecule has 0 saturated carbocycles. The molecule has 0 aliphatic rings. The number of amides is 2. The fourth-order valence-corrected chi connectivity index (χ4v) is 2.26. The lowest BCUT2D eigenvalue weighted by molar-refractivity contribution is -0.136. The maximum atomic E-state index is 11.8. The Bertz CT molecular complexity index is 472. The van der Waals surface area contributed by atoms with Gasteiger partial charge < -0.3 is 10.6 Å². The molecule has 0 radical (unpaired) electrons. The Morgan fingerprint density at radius 3 is 2.23 bits per heavy atom. The Hall–Kier alpha value is -1.84. The number of hydrogen-bond acceptors (Lipinski definition) is 2. The van der Waals surface area contributed by atoms with Gasteiger partial charge in [0.05, 0.1) is 0 Å². The Morgan fingerprint density at radius 1 is 0.909 bits per heavy atom. The van der Waals surface area contributed by atoms with Gasteiger partial charge in [-0.1, -0.05) is 63.6 Å². The number of rotatable bonds is 9. The van der Waals surface area contributed by atoms with E-state index >= 15 is 0 Å². The van der Waals surface area contributed by atoms with E-state index in [0.717, 1.165) is 18.4 Å². The van der Waals surface area contributed by atoms with E-state index in [1.807, 2.05) is 25.1 Å². The normalized spacial score (nSPS) is 10.3. The first-order valence-electron chi connectivity index (χ1n) is 8.30. The summed E-state index contributed by atoms with van der Waals surface area (Å²) in [5.74, 6) is -1.16. The quantitative estimate of drug-likeness (QED) is 0.538. The highest BCUT2D eigenvalue weighted by molar-refractivity contribution is 6.39. The van der Waals surface area contributed by atoms with Crippen LogP contribution in [0.15, 0.2) is 24.3 Å². The number of carbonyl (C=O) groups excluding carboxylic acids is 2. The van der Waals surface area contributed by atoms with Crippen LogP contribution in [0.3, 0.4) is 0 Å². The van der Waals surface area contributed by atoms with Crippen molar-refractivity contribution in [3.05, 3.63) is 29.8 Å². The second-order valence-electron chi connectivity index (χ2n) is 5.65. The highest BCUT2D eigenvalue weighted by atomic mass is 16.2. The van der Waals surface area contributed by atoms with Crippen molar-refractivity contribution in [1.82, 2.24) is 5.32 Å². The predicted octanol–water partition coefficient (Wildman–Crippen LogP) is 3.80. The van der Waals surface area contributed by atoms with Crippen molar-refractivity contribution in [2.24, 2.45) is 0 Å². The maximum Gasteiger partial charge on any atom is 0.313 e. The first-order valence-corrected chi connectivity index (χ1v) is 8.30. The topological polar surface area (TPSA) is 58.2 Å². The Labute approximate surface area is 133 Å². The fourth-order valence-electron chi connectivity index (χ4n) is 2.26. The van der Waals surface area contributed by atoms with Crippen LogP contribution >= 0.6 is 0 Å². The molecule has 0 aliphatic heterocycles. The van der Waals surface area contributed by atoms with Gasteiger partial charge in [0.15, 0.2) is 0 Å². The van der Waals surface area contributed by atoms with Gasteiger partial charge >= 0.3 is 11.8 Å². The van der Waals surface area contributed by atoms with Crippen LogP contribution in [-0.2, 0) is 9.59 Å². The smallest absolute Gasteiger partial charge is 0.313 e. The van der Waals surface area contributed by atoms with E-state index in [0.29, 0.717) is 12.2 Å². The van der Waals surface area contributed by atoms with Gasteiger partial charge in [0.1, 0.15) is 0 Å². The molecule has 22 heavy (non-hydrogen) atoms. The number of anilines is 1. The number of aryl methyl sites for hydroxylation is 1. The first-order chi connectivity index (χ1) is 10.6. The van der Waals surface area contributed by atoms with Crippen LogP contribution in [0.2, 0.25) is 0 Å². The third-order valence-corrected chi connectivity index (χ3v) is 3.67. The predicted molar refractivity (Wildman–Crippen MR) is 90.8 cm³/mol. The largest absolute Gasteiger partial charge is 0.348 e. The average Bonchev–Trinajstić information content (AvgIpc) is 2.52. The van der Waals surface area contributed by atoms with Crippen LogP contribution in [0.1, 0.15) is 57.4 Å². The third-order valence-electron chi connectivity index (χ3n) is 3.67. The fraction of sp³-hybridized carbons (Fsp3) is 0.556. The zero-order valence-electron chi connectivity index (χ0n) is 13.8. The molecule has 0 fully saturated rings. The third kappa shape index (κ3) is 7.25. The number of nitrogens with one attached hydrogen (secondary N) is 2. The number of benzene rings is 1. The number of unbranched alkanes of at least 4 members (excludes halogenated alkanes) is 6. The summed E-state index contributed by atoms with van der Waals surface area (Å²) in [6.07, 6.45) is 8.34. The van der Waals surface area contributed by atoms with Crippen molar-refractivity contribution >= 4 is 17.5 Å². The minimum absolute atomic E-state index is 0.561. The zero-order valence-corrected chi connectivity index (χ0v) is 13.8. The first kappa shape index (κ1) is 18.2. The second kappa shape index (κ2) is 10.8. The molecule has 0 spiro atoms. The van der Waals surface area contributed by atoms with E-state index in [1.165, 1.54) is 32.1 Å². The van der Waals surface area contributed by atoms with E-state index in [9.17, 15) is 9.59 Å². The molecule has 4 heteroatoms. The van der Waals surface area contributed by atoms with Gasteiger partial charge in [-0.2, -0.15) is 0 Å². The summed E-state index contributed by atoms with van der Waals surface area (Å²) >= 11 is 0. The van der Waals surface area contributed by atoms with Crippen LogP contribution in [-0.4, -0.2) is 18.4 Å². The molecule has 0 aromatic heterocycles. The lowest BCUT2D eigenvalue weighted by atomic mass is 10.1. The van der Waals surface area contributed by atoms with Crippen molar-refractivity contribution in [3.63, 3.8) is 0 Å². The zero-order chi connectivity index (χ0) is 16.2. The second-order valence-corrected chi connectivity index (χ2v) is 5.65. The lowest BCUT2D eigenvalue weighted by Gasteiger charge is -2.08. The van der Waals surface area contributed by atoms with Gasteiger partial charge in [0.2, 0.25) is 0 Å². The van der Waals surface area contributed by atoms with Crippen LogP contribution < -0.4 is 10.6 Å². The van der Waals surface area contributed by atoms with Gasteiger partial charge in [-0.05, 0) is 25.0 Å². The van der Waals surface area contributed by atoms with Crippen molar-refractivity contribution < 1.29 is 9.59 Å². The molecule has 0 unspecified atom stereocenters. The molecule has 2 amide bonds. The van der Waals surface area contributed by atoms with Gasteiger partial charge in [-0.25, -0.2) is 0 Å². The summed E-state index contributed by atoms with van der Waals surface area (Å²) in [6, 6.07) is 7.41. The molecule has 1 rings (SSSR count). The van der Waals surface area contributed by atoms with Crippen LogP contribution in [0.4, 0.5) is 5.69 Å². The molecule has 0 atom stereocenters. The highest BCUT2D eigenvalue weighted by Crippen LogP contribution is 2.12. The van der Waals surface area contributed by atoms with Crippen molar-refractivity contribution in [1.29, 1.82) is 0 Å². The molecule has 4 nitrogen and oxygen atoms in total. The van der Waals surface area contributed by atoms with E-state index < -0.39 is 11.8 Å². The van der Waals surface area contributed by atoms with Gasteiger partial charge in [0.25, 0.3) is 0 Å². The number of hydrogen-bond donors (Lipinski definition) is 2. The molecule has 1 aromatic rings. The number of carbonyl (C=O) groups is 2. The van der Waals surface area contributed by atoms with E-state index in [1.54, 1.807) is 6.07 Å². The Kier molecular flexibility index (Phi) is 8.96. The van der Waals surface area contributed by atoms with Gasteiger partial charge in [-0.3, -0.25) is 9.59 Å². The summed E-state index contributed by atoms with van der Waals surface area (Å²) < 4.78 is 0. The summed E-state index contributed by atoms with van der Waals surface area (Å²) in [7, 11) is 0. The minimum atomic E-state index is -0.600. The maximum absolute atomic E-state index is 11.8. The molecule has 0 bridgehead atoms. The van der Waals surface area contributed by atoms with Crippen molar-refractivity contribution in [3.8, 4) is 0 Å². The van der Waals surface area contributed by atoms with Crippen LogP contribution in [0.5, 0.6) is 0 Å². The Morgan fingerprint density at radius 2 is 1.55 bits per heavy atom. The summed E-state index contributed by atoms with van der Waals surface area (Å²) in [5, 5.41) is 5.31. The standard InChI is InChI=1S/C18H28N2O2/c1-3-4-5-6-7-8-11-14-19-17(21)18(22)20-16-13-10-9-12-15(16)2/h9-10,12-13H,3-8,11,14H2,1-2H3,(H,19,21)(H,20,22). The van der Waals surface area contributed by atoms with Crippen molar-refractivity contribution in [2.45, 2.75) is 58.8 Å². The molecule has 122 valence electrons. The van der Waals surface area contributed by atoms with Crippen LogP contribution in [0.25, 0.3) is 0 Å². The van der Waals surface area contributed by atoms with E-state index in [-0.39, 0.29) is 0 Å². The van der Waals surface area contributed by atoms with Crippen LogP contribution in [0, 0.1) is 6.92 Å². The van der Waals surface area contributed by atoms with Crippen molar-refractivity contribution in [2.75, 3.05) is 11.9 Å². The highest BCUT2D eigenvalue weighted by Gasteiger charge is 2.13. The molecule has 2 N–H and O–H groups in total. The average molecular weight is 304 g/mol. The van der Waals surface area contributed by atoms with Gasteiger partial charge in [-0.15, -0.1) is 0 Å². The molecular weight excluding hydrogens is 276 g/mol. The monoisotopic (exact) mass is 304 g/mol. The lowest BCUT2D eigenvalue weighted by Crippen LogP contribution is -2.36. The molecule has 0 heterocycles. The molecular formula is C18H28N2O2. The summed E-state index contributed by atoms with van der Waals surface area (Å²) in [5.41, 5.74) is 1.62.